The molecule has 0 spiro atoms. The van der Waals surface area contributed by atoms with Crippen LogP contribution in [0.1, 0.15) is 5.56 Å². The molecule has 0 bridgehead atoms. The maximum atomic E-state index is 13.5. The first-order valence-corrected chi connectivity index (χ1v) is 9.20. The third kappa shape index (κ3) is 6.01. The SMILES string of the molecule is COC(=O)CNS(=O)(=O)c1ccc(NC(=O)/C=C/c2ccccc2F)cc1. The minimum atomic E-state index is -3.88. The molecular formula is C18H17FN2O5S. The van der Waals surface area contributed by atoms with Gasteiger partial charge in [-0.1, -0.05) is 18.2 Å². The van der Waals surface area contributed by atoms with Crippen molar-refractivity contribution in [1.29, 1.82) is 0 Å². The van der Waals surface area contributed by atoms with Crippen LogP contribution in [0.4, 0.5) is 10.1 Å². The van der Waals surface area contributed by atoms with E-state index >= 15 is 0 Å². The molecule has 0 atom stereocenters. The lowest BCUT2D eigenvalue weighted by Gasteiger charge is -2.07. The molecule has 0 aromatic heterocycles. The number of ether oxygens (including phenoxy) is 1. The molecule has 2 N–H and O–H groups in total. The maximum Gasteiger partial charge on any atom is 0.320 e. The number of methoxy groups -OCH3 is 1. The number of esters is 1. The van der Waals surface area contributed by atoms with Gasteiger partial charge in [0.25, 0.3) is 0 Å². The van der Waals surface area contributed by atoms with E-state index in [1.807, 2.05) is 0 Å². The van der Waals surface area contributed by atoms with Crippen molar-refractivity contribution in [3.8, 4) is 0 Å². The second-order valence-corrected chi connectivity index (χ2v) is 7.04. The van der Waals surface area contributed by atoms with Crippen LogP contribution in [0.15, 0.2) is 59.5 Å². The van der Waals surface area contributed by atoms with Crippen LogP contribution in [0.25, 0.3) is 6.08 Å². The molecule has 142 valence electrons. The van der Waals surface area contributed by atoms with Gasteiger partial charge in [-0.15, -0.1) is 0 Å². The number of sulfonamides is 1. The highest BCUT2D eigenvalue weighted by molar-refractivity contribution is 7.89. The number of hydrogen-bond donors (Lipinski definition) is 2. The quantitative estimate of drug-likeness (QED) is 0.554. The molecule has 7 nitrogen and oxygen atoms in total. The van der Waals surface area contributed by atoms with Gasteiger partial charge in [-0.2, -0.15) is 4.72 Å². The largest absolute Gasteiger partial charge is 0.468 e. The van der Waals surface area contributed by atoms with Crippen LogP contribution >= 0.6 is 0 Å². The fourth-order valence-corrected chi connectivity index (χ4v) is 2.96. The number of nitrogens with one attached hydrogen (secondary N) is 2. The predicted molar refractivity (Wildman–Crippen MR) is 97.7 cm³/mol. The summed E-state index contributed by atoms with van der Waals surface area (Å²) in [5, 5.41) is 2.53. The van der Waals surface area contributed by atoms with Gasteiger partial charge >= 0.3 is 5.97 Å². The zero-order valence-corrected chi connectivity index (χ0v) is 15.1. The van der Waals surface area contributed by atoms with Gasteiger partial charge in [0.15, 0.2) is 0 Å². The molecule has 0 aliphatic heterocycles. The molecule has 9 heteroatoms. The van der Waals surface area contributed by atoms with Crippen LogP contribution in [0.2, 0.25) is 0 Å². The molecule has 0 aliphatic rings. The predicted octanol–water partition coefficient (Wildman–Crippen LogP) is 1.93. The van der Waals surface area contributed by atoms with Gasteiger partial charge in [-0.25, -0.2) is 12.8 Å². The van der Waals surface area contributed by atoms with Crippen LogP contribution in [0.3, 0.4) is 0 Å². The summed E-state index contributed by atoms with van der Waals surface area (Å²) in [6, 6.07) is 11.3. The van der Waals surface area contributed by atoms with E-state index in [0.29, 0.717) is 5.69 Å². The van der Waals surface area contributed by atoms with E-state index in [4.69, 9.17) is 0 Å². The average Bonchev–Trinajstić information content (AvgIpc) is 2.66. The number of halogens is 1. The van der Waals surface area contributed by atoms with E-state index in [2.05, 4.69) is 14.8 Å². The summed E-state index contributed by atoms with van der Waals surface area (Å²) in [5.74, 6) is -1.67. The van der Waals surface area contributed by atoms with Crippen molar-refractivity contribution in [3.05, 3.63) is 66.0 Å². The molecule has 2 aromatic carbocycles. The Hall–Kier alpha value is -3.04. The molecule has 0 fully saturated rings. The minimum absolute atomic E-state index is 0.0775. The molecular weight excluding hydrogens is 375 g/mol. The summed E-state index contributed by atoms with van der Waals surface area (Å²) >= 11 is 0. The van der Waals surface area contributed by atoms with E-state index in [0.717, 1.165) is 7.11 Å². The second kappa shape index (κ2) is 9.06. The van der Waals surface area contributed by atoms with Crippen LogP contribution in [-0.4, -0.2) is 33.9 Å². The molecule has 2 aromatic rings. The minimum Gasteiger partial charge on any atom is -0.468 e. The highest BCUT2D eigenvalue weighted by atomic mass is 32.2. The zero-order valence-electron chi connectivity index (χ0n) is 14.3. The monoisotopic (exact) mass is 392 g/mol. The standard InChI is InChI=1S/C18H17FN2O5S/c1-26-18(23)12-20-27(24,25)15-9-7-14(8-10-15)21-17(22)11-6-13-4-2-3-5-16(13)19/h2-11,20H,12H2,1H3,(H,21,22)/b11-6+. The molecule has 2 rings (SSSR count). The molecule has 0 unspecified atom stereocenters. The Morgan fingerprint density at radius 3 is 2.41 bits per heavy atom. The first kappa shape index (κ1) is 20.3. The summed E-state index contributed by atoms with van der Waals surface area (Å²) in [6.07, 6.45) is 2.50. The van der Waals surface area contributed by atoms with Crippen molar-refractivity contribution in [2.75, 3.05) is 19.0 Å². The third-order valence-corrected chi connectivity index (χ3v) is 4.80. The lowest BCUT2D eigenvalue weighted by Crippen LogP contribution is -2.30. The molecule has 27 heavy (non-hydrogen) atoms. The van der Waals surface area contributed by atoms with Crippen LogP contribution in [0, 0.1) is 5.82 Å². The second-order valence-electron chi connectivity index (χ2n) is 5.27. The number of amides is 1. The van der Waals surface area contributed by atoms with Gasteiger partial charge in [-0.3, -0.25) is 9.59 Å². The van der Waals surface area contributed by atoms with E-state index in [1.165, 1.54) is 48.6 Å². The summed E-state index contributed by atoms with van der Waals surface area (Å²) in [5.41, 5.74) is 0.621. The van der Waals surface area contributed by atoms with E-state index in [1.54, 1.807) is 12.1 Å². The van der Waals surface area contributed by atoms with Crippen LogP contribution in [-0.2, 0) is 24.3 Å². The van der Waals surface area contributed by atoms with Gasteiger partial charge in [0.2, 0.25) is 15.9 Å². The number of anilines is 1. The first-order chi connectivity index (χ1) is 12.8. The Labute approximate surface area is 155 Å². The van der Waals surface area contributed by atoms with E-state index < -0.39 is 34.3 Å². The Kier molecular flexibility index (Phi) is 6.80. The zero-order chi connectivity index (χ0) is 19.9. The summed E-state index contributed by atoms with van der Waals surface area (Å²) in [4.78, 5) is 22.8. The molecule has 1 amide bonds. The highest BCUT2D eigenvalue weighted by Gasteiger charge is 2.15. The van der Waals surface area contributed by atoms with Crippen molar-refractivity contribution in [3.63, 3.8) is 0 Å². The van der Waals surface area contributed by atoms with Crippen molar-refractivity contribution in [1.82, 2.24) is 4.72 Å². The van der Waals surface area contributed by atoms with Gasteiger partial charge in [-0.05, 0) is 36.4 Å². The molecule has 0 radical (unpaired) electrons. The molecule has 0 heterocycles. The molecule has 0 saturated carbocycles. The molecule has 0 aliphatic carbocycles. The molecule has 0 saturated heterocycles. The number of benzene rings is 2. The summed E-state index contributed by atoms with van der Waals surface area (Å²) < 4.78 is 44.0. The van der Waals surface area contributed by atoms with Crippen molar-refractivity contribution < 1.29 is 27.1 Å². The normalized spacial score (nSPS) is 11.3. The highest BCUT2D eigenvalue weighted by Crippen LogP contribution is 2.14. The number of rotatable bonds is 7. The van der Waals surface area contributed by atoms with Crippen LogP contribution in [0.5, 0.6) is 0 Å². The van der Waals surface area contributed by atoms with Crippen LogP contribution < -0.4 is 10.0 Å². The fourth-order valence-electron chi connectivity index (χ4n) is 1.99. The fraction of sp³-hybridized carbons (Fsp3) is 0.111. The number of hydrogen-bond acceptors (Lipinski definition) is 5. The van der Waals surface area contributed by atoms with E-state index in [9.17, 15) is 22.4 Å². The lowest BCUT2D eigenvalue weighted by atomic mass is 10.2. The van der Waals surface area contributed by atoms with Gasteiger partial charge in [0.05, 0.1) is 12.0 Å². The number of carbonyl (C=O) groups is 2. The van der Waals surface area contributed by atoms with Gasteiger partial charge in [0.1, 0.15) is 12.4 Å². The Balaban J connectivity index is 2.00. The smallest absolute Gasteiger partial charge is 0.320 e. The van der Waals surface area contributed by atoms with E-state index in [-0.39, 0.29) is 10.5 Å². The average molecular weight is 392 g/mol. The maximum absolute atomic E-state index is 13.5. The van der Waals surface area contributed by atoms with Crippen molar-refractivity contribution in [2.45, 2.75) is 4.90 Å². The van der Waals surface area contributed by atoms with Gasteiger partial charge in [0, 0.05) is 17.3 Å². The lowest BCUT2D eigenvalue weighted by molar-refractivity contribution is -0.139. The van der Waals surface area contributed by atoms with Gasteiger partial charge < -0.3 is 10.1 Å². The summed E-state index contributed by atoms with van der Waals surface area (Å²) in [6.45, 7) is -0.488. The Bertz CT molecular complexity index is 956. The number of carbonyl (C=O) groups excluding carboxylic acids is 2. The Morgan fingerprint density at radius 1 is 1.11 bits per heavy atom. The van der Waals surface area contributed by atoms with Crippen molar-refractivity contribution >= 4 is 33.7 Å². The van der Waals surface area contributed by atoms with Crippen molar-refractivity contribution in [2.24, 2.45) is 0 Å². The topological polar surface area (TPSA) is 102 Å². The Morgan fingerprint density at radius 2 is 1.78 bits per heavy atom. The summed E-state index contributed by atoms with van der Waals surface area (Å²) in [7, 11) is -2.73. The first-order valence-electron chi connectivity index (χ1n) is 7.72. The third-order valence-electron chi connectivity index (χ3n) is 3.39.